The third-order valence-corrected chi connectivity index (χ3v) is 3.35. The molecule has 120 valence electrons. The summed E-state index contributed by atoms with van der Waals surface area (Å²) in [5.41, 5.74) is 0.117. The first kappa shape index (κ1) is 18.0. The van der Waals surface area contributed by atoms with Crippen LogP contribution < -0.4 is 5.32 Å². The van der Waals surface area contributed by atoms with Crippen molar-refractivity contribution in [1.29, 1.82) is 0 Å². The Morgan fingerprint density at radius 3 is 2.33 bits per heavy atom. The number of hydrogen-bond donors (Lipinski definition) is 1. The number of halogens is 3. The second-order valence-corrected chi connectivity index (χ2v) is 6.63. The molecule has 0 bridgehead atoms. The fraction of sp³-hybridized carbons (Fsp3) is 0.625. The zero-order valence-corrected chi connectivity index (χ0v) is 13.4. The van der Waals surface area contributed by atoms with Crippen molar-refractivity contribution >= 4 is 0 Å². The molecule has 1 rings (SSSR count). The molecule has 21 heavy (non-hydrogen) atoms. The minimum atomic E-state index is -4.29. The SMILES string of the molecule is CC(NCC(C)(C)CN(C)C)c1cccc(C(F)(F)F)c1. The number of rotatable bonds is 6. The molecule has 0 fully saturated rings. The van der Waals surface area contributed by atoms with E-state index in [1.807, 2.05) is 21.0 Å². The number of nitrogens with one attached hydrogen (secondary N) is 1. The highest BCUT2D eigenvalue weighted by atomic mass is 19.4. The largest absolute Gasteiger partial charge is 0.416 e. The Morgan fingerprint density at radius 1 is 1.19 bits per heavy atom. The van der Waals surface area contributed by atoms with Crippen molar-refractivity contribution < 1.29 is 13.2 Å². The molecule has 1 aromatic carbocycles. The molecule has 1 N–H and O–H groups in total. The van der Waals surface area contributed by atoms with Crippen molar-refractivity contribution in [2.24, 2.45) is 5.41 Å². The summed E-state index contributed by atoms with van der Waals surface area (Å²) in [5.74, 6) is 0. The predicted molar refractivity (Wildman–Crippen MR) is 80.2 cm³/mol. The van der Waals surface area contributed by atoms with E-state index >= 15 is 0 Å². The third-order valence-electron chi connectivity index (χ3n) is 3.35. The molecule has 0 aromatic heterocycles. The van der Waals surface area contributed by atoms with Gasteiger partial charge in [0, 0.05) is 19.1 Å². The smallest absolute Gasteiger partial charge is 0.310 e. The summed E-state index contributed by atoms with van der Waals surface area (Å²) in [4.78, 5) is 2.11. The Morgan fingerprint density at radius 2 is 1.81 bits per heavy atom. The van der Waals surface area contributed by atoms with Crippen LogP contribution >= 0.6 is 0 Å². The van der Waals surface area contributed by atoms with E-state index in [1.54, 1.807) is 6.07 Å². The molecule has 0 spiro atoms. The molecule has 5 heteroatoms. The van der Waals surface area contributed by atoms with Crippen LogP contribution in [0.4, 0.5) is 13.2 Å². The standard InChI is InChI=1S/C16H25F3N2/c1-12(20-10-15(2,3)11-21(4)5)13-7-6-8-14(9-13)16(17,18)19/h6-9,12,20H,10-11H2,1-5H3. The van der Waals surface area contributed by atoms with Gasteiger partial charge < -0.3 is 10.2 Å². The summed E-state index contributed by atoms with van der Waals surface area (Å²) in [5, 5.41) is 3.33. The molecule has 0 saturated carbocycles. The minimum Gasteiger partial charge on any atom is -0.310 e. The summed E-state index contributed by atoms with van der Waals surface area (Å²) in [6.07, 6.45) is -4.29. The Labute approximate surface area is 125 Å². The van der Waals surface area contributed by atoms with Gasteiger partial charge in [0.2, 0.25) is 0 Å². The average molecular weight is 302 g/mol. The Hall–Kier alpha value is -1.07. The third kappa shape index (κ3) is 6.06. The van der Waals surface area contributed by atoms with Gasteiger partial charge in [-0.25, -0.2) is 0 Å². The van der Waals surface area contributed by atoms with Crippen LogP contribution in [0.1, 0.15) is 37.9 Å². The summed E-state index contributed by atoms with van der Waals surface area (Å²) >= 11 is 0. The maximum atomic E-state index is 12.7. The monoisotopic (exact) mass is 302 g/mol. The van der Waals surface area contributed by atoms with Crippen LogP contribution in [-0.4, -0.2) is 32.1 Å². The van der Waals surface area contributed by atoms with Gasteiger partial charge in [-0.3, -0.25) is 0 Å². The normalized spacial score (nSPS) is 14.5. The average Bonchev–Trinajstić information content (AvgIpc) is 2.33. The number of benzene rings is 1. The zero-order chi connectivity index (χ0) is 16.3. The highest BCUT2D eigenvalue weighted by molar-refractivity contribution is 5.27. The Balaban J connectivity index is 2.70. The van der Waals surface area contributed by atoms with Gasteiger partial charge in [0.1, 0.15) is 0 Å². The van der Waals surface area contributed by atoms with E-state index in [4.69, 9.17) is 0 Å². The summed E-state index contributed by atoms with van der Waals surface area (Å²) in [6, 6.07) is 5.39. The van der Waals surface area contributed by atoms with Crippen LogP contribution in [0, 0.1) is 5.41 Å². The van der Waals surface area contributed by atoms with Gasteiger partial charge in [-0.1, -0.05) is 26.0 Å². The van der Waals surface area contributed by atoms with Gasteiger partial charge in [-0.2, -0.15) is 13.2 Å². The van der Waals surface area contributed by atoms with Crippen molar-refractivity contribution in [3.05, 3.63) is 35.4 Å². The fourth-order valence-electron chi connectivity index (χ4n) is 2.44. The van der Waals surface area contributed by atoms with Crippen LogP contribution in [0.15, 0.2) is 24.3 Å². The Bertz CT molecular complexity index is 453. The molecule has 0 radical (unpaired) electrons. The molecule has 1 atom stereocenters. The van der Waals surface area contributed by atoms with Crippen LogP contribution in [0.25, 0.3) is 0 Å². The maximum Gasteiger partial charge on any atom is 0.416 e. The second kappa shape index (κ2) is 6.79. The number of hydrogen-bond acceptors (Lipinski definition) is 2. The fourth-order valence-corrected chi connectivity index (χ4v) is 2.44. The topological polar surface area (TPSA) is 15.3 Å². The molecule has 0 saturated heterocycles. The molecule has 0 aliphatic carbocycles. The van der Waals surface area contributed by atoms with E-state index in [2.05, 4.69) is 24.1 Å². The lowest BCUT2D eigenvalue weighted by Crippen LogP contribution is -2.38. The molecule has 2 nitrogen and oxygen atoms in total. The second-order valence-electron chi connectivity index (χ2n) is 6.63. The lowest BCUT2D eigenvalue weighted by molar-refractivity contribution is -0.137. The van der Waals surface area contributed by atoms with Gasteiger partial charge in [0.25, 0.3) is 0 Å². The number of nitrogens with zero attached hydrogens (tertiary/aromatic N) is 1. The van der Waals surface area contributed by atoms with Crippen molar-refractivity contribution in [2.75, 3.05) is 27.2 Å². The molecule has 1 unspecified atom stereocenters. The van der Waals surface area contributed by atoms with Gasteiger partial charge in [-0.05, 0) is 44.1 Å². The van der Waals surface area contributed by atoms with E-state index in [-0.39, 0.29) is 11.5 Å². The van der Waals surface area contributed by atoms with E-state index in [9.17, 15) is 13.2 Å². The minimum absolute atomic E-state index is 0.0550. The van der Waals surface area contributed by atoms with Crippen molar-refractivity contribution in [3.8, 4) is 0 Å². The van der Waals surface area contributed by atoms with E-state index in [0.717, 1.165) is 19.2 Å². The van der Waals surface area contributed by atoms with Crippen LogP contribution in [0.5, 0.6) is 0 Å². The lowest BCUT2D eigenvalue weighted by atomic mass is 9.92. The molecule has 0 amide bonds. The first-order valence-corrected chi connectivity index (χ1v) is 7.06. The summed E-state index contributed by atoms with van der Waals surface area (Å²) in [6.45, 7) is 7.82. The van der Waals surface area contributed by atoms with Gasteiger partial charge in [0.05, 0.1) is 5.56 Å². The molecule has 0 aliphatic heterocycles. The van der Waals surface area contributed by atoms with Crippen LogP contribution in [0.3, 0.4) is 0 Å². The van der Waals surface area contributed by atoms with Gasteiger partial charge in [0.15, 0.2) is 0 Å². The van der Waals surface area contributed by atoms with E-state index in [0.29, 0.717) is 5.56 Å². The van der Waals surface area contributed by atoms with E-state index in [1.165, 1.54) is 12.1 Å². The number of alkyl halides is 3. The molecule has 0 heterocycles. The van der Waals surface area contributed by atoms with Crippen LogP contribution in [0.2, 0.25) is 0 Å². The predicted octanol–water partition coefficient (Wildman–Crippen LogP) is 3.94. The van der Waals surface area contributed by atoms with Gasteiger partial charge >= 0.3 is 6.18 Å². The first-order valence-electron chi connectivity index (χ1n) is 7.06. The van der Waals surface area contributed by atoms with Gasteiger partial charge in [-0.15, -0.1) is 0 Å². The highest BCUT2D eigenvalue weighted by Crippen LogP contribution is 2.30. The molecular weight excluding hydrogens is 277 g/mol. The molecule has 0 aliphatic rings. The van der Waals surface area contributed by atoms with Crippen molar-refractivity contribution in [2.45, 2.75) is 33.0 Å². The summed E-state index contributed by atoms with van der Waals surface area (Å²) < 4.78 is 38.2. The highest BCUT2D eigenvalue weighted by Gasteiger charge is 2.30. The quantitative estimate of drug-likeness (QED) is 0.856. The van der Waals surface area contributed by atoms with Crippen LogP contribution in [-0.2, 0) is 6.18 Å². The zero-order valence-electron chi connectivity index (χ0n) is 13.4. The van der Waals surface area contributed by atoms with Crippen molar-refractivity contribution in [3.63, 3.8) is 0 Å². The lowest BCUT2D eigenvalue weighted by Gasteiger charge is -2.30. The molecule has 1 aromatic rings. The maximum absolute atomic E-state index is 12.7. The molecular formula is C16H25F3N2. The first-order chi connectivity index (χ1) is 9.51. The van der Waals surface area contributed by atoms with E-state index < -0.39 is 11.7 Å². The Kier molecular flexibility index (Phi) is 5.82. The summed E-state index contributed by atoms with van der Waals surface area (Å²) in [7, 11) is 4.02. The van der Waals surface area contributed by atoms with Crippen molar-refractivity contribution in [1.82, 2.24) is 10.2 Å².